The number of carbonyl (C=O) groups excluding carboxylic acids is 1. The van der Waals surface area contributed by atoms with Crippen molar-refractivity contribution in [3.05, 3.63) is 28.8 Å². The Morgan fingerprint density at radius 3 is 2.57 bits per heavy atom. The molecule has 0 heterocycles. The zero-order valence-electron chi connectivity index (χ0n) is 8.09. The van der Waals surface area contributed by atoms with Crippen LogP contribution in [0.2, 0.25) is 5.02 Å². The average molecular weight is 216 g/mol. The maximum atomic E-state index is 8.70. The molecule has 4 heteroatoms. The first-order valence-electron chi connectivity index (χ1n) is 4.14. The summed E-state index contributed by atoms with van der Waals surface area (Å²) in [5.41, 5.74) is 1.97. The molecule has 1 rings (SSSR count). The quantitative estimate of drug-likeness (QED) is 0.808. The molecule has 0 bridgehead atoms. The van der Waals surface area contributed by atoms with Gasteiger partial charge < -0.3 is 15.2 Å². The Morgan fingerprint density at radius 1 is 1.50 bits per heavy atom. The summed E-state index contributed by atoms with van der Waals surface area (Å²) in [5, 5.41) is 12.4. The molecule has 0 saturated carbocycles. The second kappa shape index (κ2) is 7.35. The van der Waals surface area contributed by atoms with Crippen molar-refractivity contribution in [1.82, 2.24) is 0 Å². The molecule has 0 saturated heterocycles. The van der Waals surface area contributed by atoms with Gasteiger partial charge in [-0.1, -0.05) is 17.7 Å². The molecule has 0 aliphatic heterocycles. The summed E-state index contributed by atoms with van der Waals surface area (Å²) in [4.78, 5) is 8.00. The summed E-state index contributed by atoms with van der Waals surface area (Å²) in [7, 11) is 1.84. The van der Waals surface area contributed by atoms with Crippen molar-refractivity contribution in [3.63, 3.8) is 0 Å². The summed E-state index contributed by atoms with van der Waals surface area (Å²) in [6.07, 6.45) is 0.614. The molecule has 0 aliphatic carbocycles. The summed E-state index contributed by atoms with van der Waals surface area (Å²) >= 11 is 5.94. The van der Waals surface area contributed by atoms with Crippen LogP contribution < -0.4 is 5.32 Å². The van der Waals surface area contributed by atoms with Gasteiger partial charge in [0.15, 0.2) is 0 Å². The Hall–Kier alpha value is -1.06. The van der Waals surface area contributed by atoms with E-state index in [0.29, 0.717) is 11.4 Å². The lowest BCUT2D eigenvalue weighted by Gasteiger charge is -2.04. The predicted molar refractivity (Wildman–Crippen MR) is 58.9 cm³/mol. The second-order valence-corrected chi connectivity index (χ2v) is 2.94. The third-order valence-corrected chi connectivity index (χ3v) is 2.07. The Kier molecular flexibility index (Phi) is 6.80. The van der Waals surface area contributed by atoms with Gasteiger partial charge in [0.05, 0.1) is 0 Å². The summed E-state index contributed by atoms with van der Waals surface area (Å²) in [5.74, 6) is 0. The first-order valence-corrected chi connectivity index (χ1v) is 4.51. The molecule has 1 aromatic carbocycles. The predicted octanol–water partition coefficient (Wildman–Crippen LogP) is 1.73. The zero-order valence-corrected chi connectivity index (χ0v) is 8.84. The van der Waals surface area contributed by atoms with Crippen LogP contribution >= 0.6 is 11.6 Å². The first-order chi connectivity index (χ1) is 6.77. The van der Waals surface area contributed by atoms with E-state index in [4.69, 9.17) is 21.5 Å². The van der Waals surface area contributed by atoms with Crippen molar-refractivity contribution < 1.29 is 9.90 Å². The molecule has 0 radical (unpaired) electrons. The van der Waals surface area contributed by atoms with Gasteiger partial charge in [0, 0.05) is 24.4 Å². The van der Waals surface area contributed by atoms with E-state index in [0.717, 1.165) is 11.3 Å². The fraction of sp³-hybridized carbons (Fsp3) is 0.300. The van der Waals surface area contributed by atoms with Gasteiger partial charge in [0.1, 0.15) is 6.79 Å². The number of aliphatic hydroxyl groups excluding tert-OH is 1. The molecular weight excluding hydrogens is 202 g/mol. The second-order valence-electron chi connectivity index (χ2n) is 2.53. The number of hydrogen-bond donors (Lipinski definition) is 2. The van der Waals surface area contributed by atoms with Crippen LogP contribution in [-0.4, -0.2) is 25.6 Å². The van der Waals surface area contributed by atoms with E-state index < -0.39 is 0 Å². The van der Waals surface area contributed by atoms with Crippen molar-refractivity contribution >= 4 is 24.1 Å². The van der Waals surface area contributed by atoms with E-state index in [1.165, 1.54) is 0 Å². The van der Waals surface area contributed by atoms with Crippen LogP contribution in [0.4, 0.5) is 5.69 Å². The zero-order chi connectivity index (χ0) is 11.0. The number of rotatable bonds is 3. The molecule has 1 aromatic rings. The van der Waals surface area contributed by atoms with Crippen molar-refractivity contribution in [3.8, 4) is 0 Å². The van der Waals surface area contributed by atoms with Gasteiger partial charge in [0.2, 0.25) is 0 Å². The standard InChI is InChI=1S/C9H12ClNO.CH2O/c1-11-8-3-2-7(4-5-12)9(10)6-8;1-2/h2-3,6,11-12H,4-5H2,1H3;1H2. The lowest BCUT2D eigenvalue weighted by molar-refractivity contribution is -0.0979. The summed E-state index contributed by atoms with van der Waals surface area (Å²) < 4.78 is 0. The van der Waals surface area contributed by atoms with E-state index in [1.54, 1.807) is 0 Å². The maximum absolute atomic E-state index is 8.70. The summed E-state index contributed by atoms with van der Waals surface area (Å²) in [6, 6.07) is 5.72. The lowest BCUT2D eigenvalue weighted by atomic mass is 10.1. The minimum absolute atomic E-state index is 0.138. The highest BCUT2D eigenvalue weighted by Gasteiger charge is 1.99. The average Bonchev–Trinajstić information content (AvgIpc) is 2.24. The normalized spacial score (nSPS) is 8.79. The van der Waals surface area contributed by atoms with Crippen LogP contribution in [0.15, 0.2) is 18.2 Å². The van der Waals surface area contributed by atoms with Gasteiger partial charge in [-0.3, -0.25) is 0 Å². The molecule has 0 aromatic heterocycles. The third-order valence-electron chi connectivity index (χ3n) is 1.72. The Bertz CT molecular complexity index is 279. The molecule has 0 aliphatic rings. The fourth-order valence-electron chi connectivity index (χ4n) is 1.03. The van der Waals surface area contributed by atoms with Gasteiger partial charge >= 0.3 is 0 Å². The van der Waals surface area contributed by atoms with E-state index in [9.17, 15) is 0 Å². The number of halogens is 1. The number of carbonyl (C=O) groups is 1. The highest BCUT2D eigenvalue weighted by atomic mass is 35.5. The molecular formula is C10H14ClNO2. The number of benzene rings is 1. The minimum atomic E-state index is 0.138. The SMILES string of the molecule is C=O.CNc1ccc(CCO)c(Cl)c1. The van der Waals surface area contributed by atoms with Gasteiger partial charge in [-0.25, -0.2) is 0 Å². The van der Waals surface area contributed by atoms with E-state index in [2.05, 4.69) is 5.32 Å². The molecule has 0 spiro atoms. The van der Waals surface area contributed by atoms with Crippen LogP contribution in [0.3, 0.4) is 0 Å². The Morgan fingerprint density at radius 2 is 2.14 bits per heavy atom. The van der Waals surface area contributed by atoms with E-state index >= 15 is 0 Å². The molecule has 0 unspecified atom stereocenters. The van der Waals surface area contributed by atoms with Crippen LogP contribution in [0.25, 0.3) is 0 Å². The van der Waals surface area contributed by atoms with Crippen molar-refractivity contribution in [2.75, 3.05) is 19.0 Å². The van der Waals surface area contributed by atoms with Crippen molar-refractivity contribution in [2.24, 2.45) is 0 Å². The molecule has 0 amide bonds. The Balaban J connectivity index is 0.000000791. The van der Waals surface area contributed by atoms with E-state index in [1.807, 2.05) is 32.0 Å². The fourth-order valence-corrected chi connectivity index (χ4v) is 1.30. The van der Waals surface area contributed by atoms with Crippen LogP contribution in [0.5, 0.6) is 0 Å². The molecule has 0 atom stereocenters. The number of aliphatic hydroxyl groups is 1. The highest BCUT2D eigenvalue weighted by Crippen LogP contribution is 2.20. The van der Waals surface area contributed by atoms with Crippen LogP contribution in [0.1, 0.15) is 5.56 Å². The van der Waals surface area contributed by atoms with Gasteiger partial charge in [0.25, 0.3) is 0 Å². The Labute approximate surface area is 88.7 Å². The molecule has 0 fully saturated rings. The van der Waals surface area contributed by atoms with Crippen LogP contribution in [-0.2, 0) is 11.2 Å². The van der Waals surface area contributed by atoms with Crippen LogP contribution in [0, 0.1) is 0 Å². The lowest BCUT2D eigenvalue weighted by Crippen LogP contribution is -1.93. The maximum Gasteiger partial charge on any atom is 0.106 e. The first kappa shape index (κ1) is 12.9. The van der Waals surface area contributed by atoms with E-state index in [-0.39, 0.29) is 6.61 Å². The minimum Gasteiger partial charge on any atom is -0.396 e. The smallest absolute Gasteiger partial charge is 0.106 e. The molecule has 2 N–H and O–H groups in total. The number of hydrogen-bond acceptors (Lipinski definition) is 3. The monoisotopic (exact) mass is 215 g/mol. The molecule has 14 heavy (non-hydrogen) atoms. The largest absolute Gasteiger partial charge is 0.396 e. The van der Waals surface area contributed by atoms with Gasteiger partial charge in [-0.2, -0.15) is 0 Å². The number of anilines is 1. The topological polar surface area (TPSA) is 49.3 Å². The number of nitrogens with one attached hydrogen (secondary N) is 1. The van der Waals surface area contributed by atoms with Crippen molar-refractivity contribution in [1.29, 1.82) is 0 Å². The molecule has 3 nitrogen and oxygen atoms in total. The third kappa shape index (κ3) is 3.77. The van der Waals surface area contributed by atoms with Crippen molar-refractivity contribution in [2.45, 2.75) is 6.42 Å². The van der Waals surface area contributed by atoms with Gasteiger partial charge in [-0.15, -0.1) is 0 Å². The van der Waals surface area contributed by atoms with Gasteiger partial charge in [-0.05, 0) is 24.1 Å². The highest BCUT2D eigenvalue weighted by molar-refractivity contribution is 6.31. The summed E-state index contributed by atoms with van der Waals surface area (Å²) in [6.45, 7) is 2.14. The molecule has 78 valence electrons.